The highest BCUT2D eigenvalue weighted by molar-refractivity contribution is 5.51. The lowest BCUT2D eigenvalue weighted by atomic mass is 9.91. The number of fused-ring (bicyclic) bond motifs is 3. The fraction of sp³-hybridized carbons (Fsp3) is 0.647. The van der Waals surface area contributed by atoms with E-state index in [1.54, 1.807) is 0 Å². The Morgan fingerprint density at radius 1 is 1.24 bits per heavy atom. The molecule has 3 aliphatic rings. The summed E-state index contributed by atoms with van der Waals surface area (Å²) in [5.41, 5.74) is 2.62. The standard InChI is InChI=1S/C17H21N3O/c1-10-3-17(19-11(2)14(10)5-18)20-6-12-4-13-8-21-9-16(13)15(12)7-20/h3,12-13,15-16H,4,6-9H2,1-2H3/t12-,13+,15+,16-/m0/s1. The van der Waals surface area contributed by atoms with Crippen LogP contribution in [0.25, 0.3) is 0 Å². The van der Waals surface area contributed by atoms with E-state index in [-0.39, 0.29) is 0 Å². The van der Waals surface area contributed by atoms with E-state index in [2.05, 4.69) is 22.0 Å². The molecule has 0 N–H and O–H groups in total. The van der Waals surface area contributed by atoms with Gasteiger partial charge in [-0.2, -0.15) is 5.26 Å². The average Bonchev–Trinajstić information content (AvgIpc) is 3.09. The molecule has 1 aromatic heterocycles. The van der Waals surface area contributed by atoms with Gasteiger partial charge in [-0.05, 0) is 55.6 Å². The molecule has 4 nitrogen and oxygen atoms in total. The number of rotatable bonds is 1. The van der Waals surface area contributed by atoms with Crippen molar-refractivity contribution in [1.82, 2.24) is 4.98 Å². The highest BCUT2D eigenvalue weighted by atomic mass is 16.5. The van der Waals surface area contributed by atoms with Crippen LogP contribution in [-0.4, -0.2) is 31.3 Å². The predicted octanol–water partition coefficient (Wildman–Crippen LogP) is 2.29. The zero-order valence-corrected chi connectivity index (χ0v) is 12.7. The molecule has 4 rings (SSSR count). The number of hydrogen-bond acceptors (Lipinski definition) is 4. The molecule has 2 aliphatic heterocycles. The van der Waals surface area contributed by atoms with Crippen molar-refractivity contribution in [1.29, 1.82) is 5.26 Å². The first-order valence-corrected chi connectivity index (χ1v) is 7.88. The lowest BCUT2D eigenvalue weighted by Gasteiger charge is -2.22. The van der Waals surface area contributed by atoms with Crippen LogP contribution in [0.1, 0.15) is 23.2 Å². The average molecular weight is 283 g/mol. The maximum Gasteiger partial charge on any atom is 0.129 e. The zero-order valence-electron chi connectivity index (χ0n) is 12.7. The van der Waals surface area contributed by atoms with Crippen LogP contribution in [-0.2, 0) is 4.74 Å². The number of anilines is 1. The second-order valence-electron chi connectivity index (χ2n) is 6.90. The summed E-state index contributed by atoms with van der Waals surface area (Å²) in [5.74, 6) is 4.20. The largest absolute Gasteiger partial charge is 0.381 e. The summed E-state index contributed by atoms with van der Waals surface area (Å²) < 4.78 is 5.66. The van der Waals surface area contributed by atoms with E-state index in [0.29, 0.717) is 0 Å². The van der Waals surface area contributed by atoms with Crippen molar-refractivity contribution in [2.24, 2.45) is 23.7 Å². The molecule has 0 radical (unpaired) electrons. The summed E-state index contributed by atoms with van der Waals surface area (Å²) in [6, 6.07) is 4.33. The van der Waals surface area contributed by atoms with Gasteiger partial charge < -0.3 is 9.64 Å². The number of ether oxygens (including phenoxy) is 1. The topological polar surface area (TPSA) is 49.1 Å². The van der Waals surface area contributed by atoms with Crippen molar-refractivity contribution in [3.05, 3.63) is 22.9 Å². The zero-order chi connectivity index (χ0) is 14.6. The van der Waals surface area contributed by atoms with Gasteiger partial charge in [0.25, 0.3) is 0 Å². The molecule has 1 saturated carbocycles. The number of hydrogen-bond donors (Lipinski definition) is 0. The van der Waals surface area contributed by atoms with Gasteiger partial charge in [0.1, 0.15) is 11.9 Å². The van der Waals surface area contributed by atoms with E-state index in [1.165, 1.54) is 6.42 Å². The van der Waals surface area contributed by atoms with Crippen LogP contribution >= 0.6 is 0 Å². The van der Waals surface area contributed by atoms with E-state index in [4.69, 9.17) is 4.74 Å². The van der Waals surface area contributed by atoms with E-state index >= 15 is 0 Å². The molecule has 3 fully saturated rings. The van der Waals surface area contributed by atoms with E-state index in [9.17, 15) is 5.26 Å². The molecule has 0 aromatic carbocycles. The van der Waals surface area contributed by atoms with E-state index in [1.807, 2.05) is 13.8 Å². The van der Waals surface area contributed by atoms with Crippen molar-refractivity contribution >= 4 is 5.82 Å². The van der Waals surface area contributed by atoms with Gasteiger partial charge in [-0.1, -0.05) is 0 Å². The number of nitrogens with zero attached hydrogens (tertiary/aromatic N) is 3. The normalized spacial score (nSPS) is 33.9. The van der Waals surface area contributed by atoms with E-state index in [0.717, 1.165) is 72.6 Å². The summed E-state index contributed by atoms with van der Waals surface area (Å²) in [4.78, 5) is 7.09. The minimum atomic E-state index is 0.724. The second kappa shape index (κ2) is 4.71. The van der Waals surface area contributed by atoms with Crippen LogP contribution in [0.15, 0.2) is 6.07 Å². The van der Waals surface area contributed by atoms with Crippen molar-refractivity contribution in [3.8, 4) is 6.07 Å². The Bertz CT molecular complexity index is 598. The molecule has 0 amide bonds. The summed E-state index contributed by atoms with van der Waals surface area (Å²) in [5, 5.41) is 9.17. The smallest absolute Gasteiger partial charge is 0.129 e. The van der Waals surface area contributed by atoms with Crippen LogP contribution in [0.5, 0.6) is 0 Å². The quantitative estimate of drug-likeness (QED) is 0.793. The van der Waals surface area contributed by atoms with Crippen LogP contribution in [0.2, 0.25) is 0 Å². The number of nitriles is 1. The first-order chi connectivity index (χ1) is 10.2. The first kappa shape index (κ1) is 13.1. The SMILES string of the molecule is Cc1cc(N2C[C@@H]3C[C@@H]4COC[C@@H]4[C@@H]3C2)nc(C)c1C#N. The molecule has 0 bridgehead atoms. The Morgan fingerprint density at radius 2 is 2.10 bits per heavy atom. The third kappa shape index (κ3) is 1.95. The fourth-order valence-corrected chi connectivity index (χ4v) is 4.68. The summed E-state index contributed by atoms with van der Waals surface area (Å²) in [6.07, 6.45) is 1.32. The van der Waals surface area contributed by atoms with Gasteiger partial charge in [0.15, 0.2) is 0 Å². The molecule has 1 aliphatic carbocycles. The summed E-state index contributed by atoms with van der Waals surface area (Å²) >= 11 is 0. The minimum Gasteiger partial charge on any atom is -0.381 e. The maximum absolute atomic E-state index is 9.17. The summed E-state index contributed by atoms with van der Waals surface area (Å²) in [6.45, 7) is 8.10. The highest BCUT2D eigenvalue weighted by Crippen LogP contribution is 2.49. The third-order valence-electron chi connectivity index (χ3n) is 5.71. The highest BCUT2D eigenvalue weighted by Gasteiger charge is 2.50. The van der Waals surface area contributed by atoms with Gasteiger partial charge in [0, 0.05) is 19.7 Å². The molecule has 3 heterocycles. The molecule has 1 aromatic rings. The van der Waals surface area contributed by atoms with Gasteiger partial charge in [-0.15, -0.1) is 0 Å². The fourth-order valence-electron chi connectivity index (χ4n) is 4.68. The van der Waals surface area contributed by atoms with Gasteiger partial charge in [0.05, 0.1) is 17.9 Å². The van der Waals surface area contributed by atoms with Gasteiger partial charge in [-0.3, -0.25) is 0 Å². The molecule has 0 spiro atoms. The number of aryl methyl sites for hydroxylation is 2. The Hall–Kier alpha value is -1.60. The third-order valence-corrected chi connectivity index (χ3v) is 5.71. The van der Waals surface area contributed by atoms with Crippen LogP contribution < -0.4 is 4.90 Å². The van der Waals surface area contributed by atoms with Crippen LogP contribution in [0, 0.1) is 48.9 Å². The Kier molecular flexibility index (Phi) is 2.93. The molecule has 110 valence electrons. The van der Waals surface area contributed by atoms with Crippen molar-refractivity contribution in [3.63, 3.8) is 0 Å². The lowest BCUT2D eigenvalue weighted by Crippen LogP contribution is -2.25. The van der Waals surface area contributed by atoms with Gasteiger partial charge >= 0.3 is 0 Å². The molecular formula is C17H21N3O. The Morgan fingerprint density at radius 3 is 2.86 bits per heavy atom. The van der Waals surface area contributed by atoms with Crippen molar-refractivity contribution in [2.45, 2.75) is 20.3 Å². The first-order valence-electron chi connectivity index (χ1n) is 7.88. The van der Waals surface area contributed by atoms with E-state index < -0.39 is 0 Å². The molecule has 4 heteroatoms. The molecule has 21 heavy (non-hydrogen) atoms. The maximum atomic E-state index is 9.17. The summed E-state index contributed by atoms with van der Waals surface area (Å²) in [7, 11) is 0. The Labute approximate surface area is 125 Å². The molecule has 2 saturated heterocycles. The van der Waals surface area contributed by atoms with Crippen molar-refractivity contribution in [2.75, 3.05) is 31.2 Å². The second-order valence-corrected chi connectivity index (χ2v) is 6.90. The van der Waals surface area contributed by atoms with Gasteiger partial charge in [0.2, 0.25) is 0 Å². The van der Waals surface area contributed by atoms with Crippen molar-refractivity contribution < 1.29 is 4.74 Å². The molecule has 0 unspecified atom stereocenters. The Balaban J connectivity index is 1.58. The van der Waals surface area contributed by atoms with Crippen LogP contribution in [0.3, 0.4) is 0 Å². The molecular weight excluding hydrogens is 262 g/mol. The molecule has 4 atom stereocenters. The number of aromatic nitrogens is 1. The van der Waals surface area contributed by atoms with Gasteiger partial charge in [-0.25, -0.2) is 4.98 Å². The van der Waals surface area contributed by atoms with Crippen LogP contribution in [0.4, 0.5) is 5.82 Å². The monoisotopic (exact) mass is 283 g/mol. The number of pyridine rings is 1. The predicted molar refractivity (Wildman–Crippen MR) is 80.0 cm³/mol. The lowest BCUT2D eigenvalue weighted by molar-refractivity contribution is 0.158. The minimum absolute atomic E-state index is 0.724.